The van der Waals surface area contributed by atoms with E-state index in [-0.39, 0.29) is 0 Å². The van der Waals surface area contributed by atoms with Crippen molar-refractivity contribution in [3.05, 3.63) is 182 Å². The largest absolute Gasteiger partial charge is 0.456 e. The summed E-state index contributed by atoms with van der Waals surface area (Å²) < 4.78 is 14.8. The van der Waals surface area contributed by atoms with Crippen LogP contribution in [0.1, 0.15) is 0 Å². The Labute approximate surface area is 341 Å². The summed E-state index contributed by atoms with van der Waals surface area (Å²) in [6, 6.07) is 62.5. The van der Waals surface area contributed by atoms with E-state index in [0.717, 1.165) is 77.5 Å². The van der Waals surface area contributed by atoms with Crippen LogP contribution in [-0.2, 0) is 0 Å². The summed E-state index contributed by atoms with van der Waals surface area (Å²) >= 11 is 1.82. The molecular weight excluding hydrogens is 745 g/mol. The van der Waals surface area contributed by atoms with Gasteiger partial charge in [-0.3, -0.25) is 0 Å². The van der Waals surface area contributed by atoms with Crippen LogP contribution in [0.3, 0.4) is 0 Å². The van der Waals surface area contributed by atoms with E-state index in [1.54, 1.807) is 0 Å². The van der Waals surface area contributed by atoms with Crippen LogP contribution in [0.5, 0.6) is 0 Å². The summed E-state index contributed by atoms with van der Waals surface area (Å²) in [5, 5.41) is 4.60. The lowest BCUT2D eigenvalue weighted by Crippen LogP contribution is -2.00. The number of aromatic nitrogens is 4. The van der Waals surface area contributed by atoms with Gasteiger partial charge in [0, 0.05) is 53.2 Å². The van der Waals surface area contributed by atoms with Crippen molar-refractivity contribution >= 4 is 64.5 Å². The number of fused-ring (bicyclic) bond motifs is 7. The van der Waals surface area contributed by atoms with Crippen molar-refractivity contribution in [2.45, 2.75) is 0 Å². The maximum Gasteiger partial charge on any atom is 0.227 e. The van der Waals surface area contributed by atoms with Crippen molar-refractivity contribution in [1.82, 2.24) is 19.9 Å². The minimum Gasteiger partial charge on any atom is -0.456 e. The first-order valence-corrected chi connectivity index (χ1v) is 20.3. The summed E-state index contributed by atoms with van der Waals surface area (Å²) in [6.07, 6.45) is 0. The molecule has 4 heterocycles. The number of para-hydroxylation sites is 3. The maximum atomic E-state index is 6.25. The highest BCUT2D eigenvalue weighted by atomic mass is 32.1. The quantitative estimate of drug-likeness (QED) is 0.167. The van der Waals surface area contributed by atoms with Crippen LogP contribution in [0.2, 0.25) is 0 Å². The van der Waals surface area contributed by atoms with E-state index >= 15 is 0 Å². The summed E-state index contributed by atoms with van der Waals surface area (Å²) in [5.41, 5.74) is 11.4. The number of nitrogens with zero attached hydrogens (tertiary/aromatic N) is 4. The average Bonchev–Trinajstić information content (AvgIpc) is 4.02. The smallest absolute Gasteiger partial charge is 0.227 e. The van der Waals surface area contributed by atoms with Crippen molar-refractivity contribution in [2.75, 3.05) is 0 Å². The zero-order chi connectivity index (χ0) is 38.9. The normalized spacial score (nSPS) is 11.7. The third kappa shape index (κ3) is 5.78. The molecule has 0 N–H and O–H groups in total. The van der Waals surface area contributed by atoms with Gasteiger partial charge in [-0.1, -0.05) is 121 Å². The Morgan fingerprint density at radius 3 is 1.81 bits per heavy atom. The highest BCUT2D eigenvalue weighted by molar-refractivity contribution is 7.26. The van der Waals surface area contributed by atoms with Crippen LogP contribution >= 0.6 is 11.3 Å². The van der Waals surface area contributed by atoms with Gasteiger partial charge >= 0.3 is 0 Å². The second-order valence-corrected chi connectivity index (χ2v) is 15.7. The summed E-state index contributed by atoms with van der Waals surface area (Å²) in [7, 11) is 0. The molecule has 0 unspecified atom stereocenters. The fourth-order valence-corrected chi connectivity index (χ4v) is 9.29. The zero-order valence-corrected chi connectivity index (χ0v) is 32.2. The van der Waals surface area contributed by atoms with Crippen molar-refractivity contribution in [2.24, 2.45) is 0 Å². The van der Waals surface area contributed by atoms with Crippen LogP contribution in [-0.4, -0.2) is 19.9 Å². The van der Waals surface area contributed by atoms with E-state index in [0.29, 0.717) is 23.4 Å². The van der Waals surface area contributed by atoms with Crippen molar-refractivity contribution < 1.29 is 8.83 Å². The van der Waals surface area contributed by atoms with E-state index in [9.17, 15) is 0 Å². The lowest BCUT2D eigenvalue weighted by Gasteiger charge is -2.10. The summed E-state index contributed by atoms with van der Waals surface area (Å²) in [6.45, 7) is 0. The van der Waals surface area contributed by atoms with E-state index < -0.39 is 0 Å². The molecule has 0 saturated heterocycles. The summed E-state index contributed by atoms with van der Waals surface area (Å²) in [4.78, 5) is 19.9. The number of thiophene rings is 1. The first-order valence-electron chi connectivity index (χ1n) is 19.4. The molecule has 0 atom stereocenters. The SMILES string of the molecule is c1ccc(-c2nc(-c3cccc(-c4cccc5c4sc4ccc(-c6cccc(-c7nc8ccccc8o7)c6)cc45)c3)nc(-c3ccc4c(c3)oc3ccccc34)n2)cc1. The minimum atomic E-state index is 0.586. The molecule has 0 spiro atoms. The zero-order valence-electron chi connectivity index (χ0n) is 31.3. The fraction of sp³-hybridized carbons (Fsp3) is 0. The van der Waals surface area contributed by atoms with Gasteiger partial charge in [-0.2, -0.15) is 0 Å². The van der Waals surface area contributed by atoms with E-state index in [1.807, 2.05) is 90.2 Å². The molecule has 6 nitrogen and oxygen atoms in total. The van der Waals surface area contributed by atoms with Crippen LogP contribution in [0, 0.1) is 0 Å². The predicted octanol–water partition coefficient (Wildman–Crippen LogP) is 14.3. The molecule has 0 aliphatic heterocycles. The van der Waals surface area contributed by atoms with Crippen molar-refractivity contribution in [3.8, 4) is 67.9 Å². The molecule has 0 bridgehead atoms. The molecule has 0 aliphatic carbocycles. The van der Waals surface area contributed by atoms with Crippen LogP contribution in [0.25, 0.3) is 121 Å². The summed E-state index contributed by atoms with van der Waals surface area (Å²) in [5.74, 6) is 2.43. The van der Waals surface area contributed by atoms with E-state index in [4.69, 9.17) is 28.8 Å². The predicted molar refractivity (Wildman–Crippen MR) is 240 cm³/mol. The Bertz CT molecular complexity index is 3550. The second kappa shape index (κ2) is 13.4. The minimum absolute atomic E-state index is 0.586. The van der Waals surface area contributed by atoms with Gasteiger partial charge in [-0.05, 0) is 82.9 Å². The van der Waals surface area contributed by atoms with Gasteiger partial charge < -0.3 is 8.83 Å². The highest BCUT2D eigenvalue weighted by Gasteiger charge is 2.17. The number of hydrogen-bond acceptors (Lipinski definition) is 7. The molecule has 12 rings (SSSR count). The van der Waals surface area contributed by atoms with Gasteiger partial charge in [0.15, 0.2) is 23.1 Å². The Kier molecular flexibility index (Phi) is 7.61. The Morgan fingerprint density at radius 2 is 0.949 bits per heavy atom. The number of rotatable bonds is 6. The third-order valence-electron chi connectivity index (χ3n) is 11.0. The molecule has 4 aromatic heterocycles. The molecule has 12 aromatic rings. The Morgan fingerprint density at radius 1 is 0.339 bits per heavy atom. The van der Waals surface area contributed by atoms with Crippen LogP contribution in [0.4, 0.5) is 0 Å². The van der Waals surface area contributed by atoms with E-state index in [1.165, 1.54) is 20.2 Å². The second-order valence-electron chi connectivity index (χ2n) is 14.6. The molecular formula is C52H30N4O2S. The first-order chi connectivity index (χ1) is 29.2. The van der Waals surface area contributed by atoms with Crippen LogP contribution in [0.15, 0.2) is 191 Å². The van der Waals surface area contributed by atoms with Crippen molar-refractivity contribution in [1.29, 1.82) is 0 Å². The molecule has 7 heteroatoms. The molecule has 59 heavy (non-hydrogen) atoms. The lowest BCUT2D eigenvalue weighted by atomic mass is 9.98. The van der Waals surface area contributed by atoms with Gasteiger partial charge in [0.2, 0.25) is 5.89 Å². The number of oxazole rings is 1. The first kappa shape index (κ1) is 33.4. The Hall–Kier alpha value is -7.74. The van der Waals surface area contributed by atoms with Crippen LogP contribution < -0.4 is 0 Å². The van der Waals surface area contributed by atoms with Gasteiger partial charge in [-0.15, -0.1) is 11.3 Å². The number of benzene rings is 8. The third-order valence-corrected chi connectivity index (χ3v) is 12.2. The molecule has 8 aromatic carbocycles. The molecule has 0 fully saturated rings. The molecule has 0 radical (unpaired) electrons. The number of hydrogen-bond donors (Lipinski definition) is 0. The Balaban J connectivity index is 0.937. The number of furan rings is 1. The standard InChI is InChI=1S/C52H30N4O2S/c1-2-11-31(12-3-1)49-54-50(56-51(55-49)36-23-25-40-39-17-4-6-21-44(39)57-46(40)30-36)35-15-9-14-34(28-35)38-18-10-19-41-42-29-33(24-26-47(42)59-48(38)41)32-13-8-16-37(27-32)52-53-43-20-5-7-22-45(43)58-52/h1-30H. The van der Waals surface area contributed by atoms with Gasteiger partial charge in [0.1, 0.15) is 16.7 Å². The molecule has 276 valence electrons. The fourth-order valence-electron chi connectivity index (χ4n) is 8.07. The highest BCUT2D eigenvalue weighted by Crippen LogP contribution is 2.42. The lowest BCUT2D eigenvalue weighted by molar-refractivity contribution is 0.620. The van der Waals surface area contributed by atoms with E-state index in [2.05, 4.69) is 103 Å². The van der Waals surface area contributed by atoms with Gasteiger partial charge in [-0.25, -0.2) is 19.9 Å². The topological polar surface area (TPSA) is 77.8 Å². The molecule has 0 saturated carbocycles. The average molecular weight is 775 g/mol. The van der Waals surface area contributed by atoms with Crippen molar-refractivity contribution in [3.63, 3.8) is 0 Å². The van der Waals surface area contributed by atoms with Gasteiger partial charge in [0.25, 0.3) is 0 Å². The molecule has 0 amide bonds. The molecule has 0 aliphatic rings. The maximum absolute atomic E-state index is 6.25. The monoisotopic (exact) mass is 774 g/mol. The van der Waals surface area contributed by atoms with Gasteiger partial charge in [0.05, 0.1) is 0 Å².